The van der Waals surface area contributed by atoms with Crippen LogP contribution >= 0.6 is 0 Å². The first-order valence-electron chi connectivity index (χ1n) is 9.63. The van der Waals surface area contributed by atoms with Crippen LogP contribution in [0.3, 0.4) is 0 Å². The van der Waals surface area contributed by atoms with Gasteiger partial charge in [-0.05, 0) is 73.6 Å². The molecule has 1 aromatic carbocycles. The van der Waals surface area contributed by atoms with E-state index < -0.39 is 6.10 Å². The molecule has 144 valence electrons. The first-order chi connectivity index (χ1) is 13.6. The van der Waals surface area contributed by atoms with Crippen molar-refractivity contribution in [2.75, 3.05) is 0 Å². The highest BCUT2D eigenvalue weighted by molar-refractivity contribution is 5.92. The zero-order valence-electron chi connectivity index (χ0n) is 15.9. The zero-order valence-corrected chi connectivity index (χ0v) is 15.9. The molecule has 0 aliphatic heterocycles. The van der Waals surface area contributed by atoms with Gasteiger partial charge in [-0.25, -0.2) is 4.68 Å². The monoisotopic (exact) mass is 376 g/mol. The van der Waals surface area contributed by atoms with Crippen LogP contribution in [0.5, 0.6) is 0 Å². The lowest BCUT2D eigenvalue weighted by molar-refractivity contribution is 0.0868. The Balaban J connectivity index is 1.48. The van der Waals surface area contributed by atoms with E-state index in [1.165, 1.54) is 0 Å². The minimum Gasteiger partial charge on any atom is -0.391 e. The van der Waals surface area contributed by atoms with Crippen molar-refractivity contribution < 1.29 is 9.90 Å². The number of aromatic nitrogens is 3. The number of carbonyl (C=O) groups is 1. The Kier molecular flexibility index (Phi) is 5.21. The molecular weight excluding hydrogens is 352 g/mol. The lowest BCUT2D eigenvalue weighted by Gasteiger charge is -2.16. The summed E-state index contributed by atoms with van der Waals surface area (Å²) in [5.41, 5.74) is 4.68. The third-order valence-corrected chi connectivity index (χ3v) is 5.34. The Labute approximate surface area is 164 Å². The second-order valence-corrected chi connectivity index (χ2v) is 7.37. The number of amides is 1. The Morgan fingerprint density at radius 1 is 1.29 bits per heavy atom. The van der Waals surface area contributed by atoms with Crippen molar-refractivity contribution in [2.24, 2.45) is 0 Å². The second kappa shape index (κ2) is 7.94. The normalized spacial score (nSPS) is 18.9. The quantitative estimate of drug-likeness (QED) is 0.718. The molecule has 1 fully saturated rings. The van der Waals surface area contributed by atoms with E-state index in [-0.39, 0.29) is 11.9 Å². The van der Waals surface area contributed by atoms with E-state index in [2.05, 4.69) is 27.5 Å². The maximum absolute atomic E-state index is 12.5. The molecule has 1 aliphatic rings. The average Bonchev–Trinajstić information content (AvgIpc) is 3.37. The molecule has 2 atom stereocenters. The van der Waals surface area contributed by atoms with Crippen LogP contribution in [-0.4, -0.2) is 37.9 Å². The highest BCUT2D eigenvalue weighted by atomic mass is 16.3. The standard InChI is InChI=1S/C22H24N4O2/c1-15-14-23-20(22(28)25-19-4-2-5-21(19)27)13-17(15)12-16-6-8-18(9-7-16)26-11-3-10-24-26/h3,6-11,13-14,19,21,27H,2,4-5,12H2,1H3,(H,25,28)/t19-,21-/m1/s1. The van der Waals surface area contributed by atoms with Gasteiger partial charge in [0.25, 0.3) is 5.91 Å². The summed E-state index contributed by atoms with van der Waals surface area (Å²) in [4.78, 5) is 16.8. The number of aryl methyl sites for hydroxylation is 1. The topological polar surface area (TPSA) is 80.0 Å². The van der Waals surface area contributed by atoms with Crippen molar-refractivity contribution in [3.63, 3.8) is 0 Å². The first-order valence-corrected chi connectivity index (χ1v) is 9.63. The molecule has 2 heterocycles. The minimum atomic E-state index is -0.456. The van der Waals surface area contributed by atoms with Crippen LogP contribution in [0.15, 0.2) is 55.0 Å². The summed E-state index contributed by atoms with van der Waals surface area (Å²) in [5, 5.41) is 17.1. The van der Waals surface area contributed by atoms with Gasteiger partial charge in [0.1, 0.15) is 5.69 Å². The summed E-state index contributed by atoms with van der Waals surface area (Å²) < 4.78 is 1.82. The maximum atomic E-state index is 12.5. The number of pyridine rings is 1. The zero-order chi connectivity index (χ0) is 19.5. The molecule has 6 nitrogen and oxygen atoms in total. The molecule has 0 saturated heterocycles. The fourth-order valence-corrected chi connectivity index (χ4v) is 3.64. The summed E-state index contributed by atoms with van der Waals surface area (Å²) in [6.45, 7) is 2.00. The molecule has 1 saturated carbocycles. The van der Waals surface area contributed by atoms with Gasteiger partial charge in [-0.2, -0.15) is 5.10 Å². The van der Waals surface area contributed by atoms with Crippen LogP contribution < -0.4 is 5.32 Å². The largest absolute Gasteiger partial charge is 0.391 e. The van der Waals surface area contributed by atoms with Crippen LogP contribution in [0.4, 0.5) is 0 Å². The number of nitrogens with one attached hydrogen (secondary N) is 1. The van der Waals surface area contributed by atoms with Crippen LogP contribution in [0.2, 0.25) is 0 Å². The van der Waals surface area contributed by atoms with Crippen LogP contribution in [0.25, 0.3) is 5.69 Å². The number of carbonyl (C=O) groups excluding carboxylic acids is 1. The van der Waals surface area contributed by atoms with Crippen molar-refractivity contribution in [1.29, 1.82) is 0 Å². The Hall–Kier alpha value is -2.99. The molecule has 6 heteroatoms. The van der Waals surface area contributed by atoms with Gasteiger partial charge in [-0.3, -0.25) is 9.78 Å². The molecule has 2 aromatic heterocycles. The molecule has 0 radical (unpaired) electrons. The van der Waals surface area contributed by atoms with E-state index in [0.29, 0.717) is 5.69 Å². The molecule has 2 N–H and O–H groups in total. The molecule has 0 spiro atoms. The minimum absolute atomic E-state index is 0.172. The highest BCUT2D eigenvalue weighted by Gasteiger charge is 2.27. The number of benzene rings is 1. The predicted molar refractivity (Wildman–Crippen MR) is 106 cm³/mol. The summed E-state index contributed by atoms with van der Waals surface area (Å²) in [7, 11) is 0. The smallest absolute Gasteiger partial charge is 0.270 e. The van der Waals surface area contributed by atoms with E-state index in [0.717, 1.165) is 48.1 Å². The van der Waals surface area contributed by atoms with Gasteiger partial charge < -0.3 is 10.4 Å². The summed E-state index contributed by atoms with van der Waals surface area (Å²) >= 11 is 0. The first kappa shape index (κ1) is 18.4. The van der Waals surface area contributed by atoms with Gasteiger partial charge >= 0.3 is 0 Å². The molecule has 28 heavy (non-hydrogen) atoms. The van der Waals surface area contributed by atoms with Gasteiger partial charge in [0.05, 0.1) is 17.8 Å². The summed E-state index contributed by atoms with van der Waals surface area (Å²) in [5.74, 6) is -0.221. The highest BCUT2D eigenvalue weighted by Crippen LogP contribution is 2.20. The number of hydrogen-bond acceptors (Lipinski definition) is 4. The molecule has 1 amide bonds. The molecule has 0 bridgehead atoms. The van der Waals surface area contributed by atoms with E-state index in [9.17, 15) is 9.90 Å². The van der Waals surface area contributed by atoms with Crippen LogP contribution in [-0.2, 0) is 6.42 Å². The van der Waals surface area contributed by atoms with Gasteiger partial charge in [-0.1, -0.05) is 12.1 Å². The van der Waals surface area contributed by atoms with E-state index in [4.69, 9.17) is 0 Å². The molecule has 4 rings (SSSR count). The fourth-order valence-electron chi connectivity index (χ4n) is 3.64. The van der Waals surface area contributed by atoms with Crippen LogP contribution in [0, 0.1) is 6.92 Å². The number of rotatable bonds is 5. The Morgan fingerprint density at radius 2 is 2.11 bits per heavy atom. The van der Waals surface area contributed by atoms with E-state index >= 15 is 0 Å². The lowest BCUT2D eigenvalue weighted by Crippen LogP contribution is -2.40. The lowest BCUT2D eigenvalue weighted by atomic mass is 10.0. The Bertz CT molecular complexity index is 951. The van der Waals surface area contributed by atoms with Crippen molar-refractivity contribution >= 4 is 5.91 Å². The molecule has 0 unspecified atom stereocenters. The Morgan fingerprint density at radius 3 is 2.79 bits per heavy atom. The van der Waals surface area contributed by atoms with Gasteiger partial charge in [0.2, 0.25) is 0 Å². The third kappa shape index (κ3) is 3.97. The SMILES string of the molecule is Cc1cnc(C(=O)N[C@@H]2CCC[C@H]2O)cc1Cc1ccc(-n2cccn2)cc1. The van der Waals surface area contributed by atoms with Crippen LogP contribution in [0.1, 0.15) is 46.4 Å². The van der Waals surface area contributed by atoms with Crippen molar-refractivity contribution in [3.05, 3.63) is 77.4 Å². The van der Waals surface area contributed by atoms with Gasteiger partial charge in [0.15, 0.2) is 0 Å². The number of hydrogen-bond donors (Lipinski definition) is 2. The summed E-state index contributed by atoms with van der Waals surface area (Å²) in [6.07, 6.45) is 8.17. The average molecular weight is 376 g/mol. The molecule has 1 aliphatic carbocycles. The fraction of sp³-hybridized carbons (Fsp3) is 0.318. The third-order valence-electron chi connectivity index (χ3n) is 5.34. The number of aliphatic hydroxyl groups is 1. The van der Waals surface area contributed by atoms with Gasteiger partial charge in [0, 0.05) is 18.6 Å². The van der Waals surface area contributed by atoms with Crippen molar-refractivity contribution in [1.82, 2.24) is 20.1 Å². The van der Waals surface area contributed by atoms with E-state index in [1.54, 1.807) is 12.4 Å². The van der Waals surface area contributed by atoms with Gasteiger partial charge in [-0.15, -0.1) is 0 Å². The molecule has 3 aromatic rings. The van der Waals surface area contributed by atoms with Crippen molar-refractivity contribution in [3.8, 4) is 5.69 Å². The summed E-state index contributed by atoms with van der Waals surface area (Å²) in [6, 6.07) is 11.8. The second-order valence-electron chi connectivity index (χ2n) is 7.37. The number of aliphatic hydroxyl groups excluding tert-OH is 1. The van der Waals surface area contributed by atoms with Crippen molar-refractivity contribution in [2.45, 2.75) is 44.8 Å². The number of nitrogens with zero attached hydrogens (tertiary/aromatic N) is 3. The maximum Gasteiger partial charge on any atom is 0.270 e. The molecular formula is C22H24N4O2. The predicted octanol–water partition coefficient (Wildman–Crippen LogP) is 2.81. The van der Waals surface area contributed by atoms with E-state index in [1.807, 2.05) is 42.1 Å².